The molecule has 0 spiro atoms. The summed E-state index contributed by atoms with van der Waals surface area (Å²) in [5, 5.41) is 10.6. The average Bonchev–Trinajstić information content (AvgIpc) is 3.39. The number of aromatic amines is 1. The van der Waals surface area contributed by atoms with Crippen molar-refractivity contribution in [2.75, 3.05) is 4.90 Å². The number of hydrogen-bond donors (Lipinski definition) is 1. The maximum absolute atomic E-state index is 12.3. The highest BCUT2D eigenvalue weighted by Crippen LogP contribution is 2.32. The van der Waals surface area contributed by atoms with Gasteiger partial charge in [-0.3, -0.25) is 14.8 Å². The van der Waals surface area contributed by atoms with Gasteiger partial charge in [-0.1, -0.05) is 48.2 Å². The van der Waals surface area contributed by atoms with Crippen molar-refractivity contribution in [3.8, 4) is 11.4 Å². The Bertz CT molecular complexity index is 1170. The van der Waals surface area contributed by atoms with E-state index in [1.807, 2.05) is 60.8 Å². The Hall–Kier alpha value is -2.97. The normalized spacial score (nSPS) is 10.9. The lowest BCUT2D eigenvalue weighted by atomic mass is 10.1. The van der Waals surface area contributed by atoms with E-state index in [9.17, 15) is 4.79 Å². The van der Waals surface area contributed by atoms with Crippen molar-refractivity contribution >= 4 is 39.8 Å². The first-order valence-electron chi connectivity index (χ1n) is 9.44. The standard InChI is InChI=1S/C22H21N5OS2/c1-14-9-10-19(11-15(14)2)27(16(3)28)22-23-18(13-30-22)12-29-21-24-20(25-26-21)17-7-5-4-6-8-17/h4-11,13H,12H2,1-3H3,(H,24,25,26). The smallest absolute Gasteiger partial charge is 0.230 e. The van der Waals surface area contributed by atoms with Crippen LogP contribution in [0.25, 0.3) is 11.4 Å². The number of benzene rings is 2. The molecule has 0 atom stereocenters. The maximum atomic E-state index is 12.3. The predicted molar refractivity (Wildman–Crippen MR) is 122 cm³/mol. The molecule has 2 aromatic heterocycles. The van der Waals surface area contributed by atoms with Gasteiger partial charge in [0.2, 0.25) is 11.1 Å². The lowest BCUT2D eigenvalue weighted by Gasteiger charge is -2.19. The lowest BCUT2D eigenvalue weighted by molar-refractivity contribution is -0.115. The summed E-state index contributed by atoms with van der Waals surface area (Å²) >= 11 is 2.97. The van der Waals surface area contributed by atoms with E-state index in [1.165, 1.54) is 28.7 Å². The van der Waals surface area contributed by atoms with Gasteiger partial charge in [-0.05, 0) is 37.1 Å². The summed E-state index contributed by atoms with van der Waals surface area (Å²) in [4.78, 5) is 23.2. The minimum absolute atomic E-state index is 0.0618. The van der Waals surface area contributed by atoms with Gasteiger partial charge in [-0.15, -0.1) is 16.4 Å². The van der Waals surface area contributed by atoms with E-state index >= 15 is 0 Å². The Balaban J connectivity index is 1.47. The molecule has 2 aromatic carbocycles. The van der Waals surface area contributed by atoms with Crippen LogP contribution in [-0.4, -0.2) is 26.1 Å². The molecular weight excluding hydrogens is 414 g/mol. The number of thioether (sulfide) groups is 1. The van der Waals surface area contributed by atoms with E-state index < -0.39 is 0 Å². The third-order valence-electron chi connectivity index (χ3n) is 4.66. The number of amides is 1. The molecular formula is C22H21N5OS2. The molecule has 30 heavy (non-hydrogen) atoms. The van der Waals surface area contributed by atoms with Gasteiger partial charge in [0, 0.05) is 23.6 Å². The molecule has 1 amide bonds. The number of hydrogen-bond acceptors (Lipinski definition) is 6. The van der Waals surface area contributed by atoms with Gasteiger partial charge in [0.05, 0.1) is 11.4 Å². The number of carbonyl (C=O) groups excluding carboxylic acids is 1. The zero-order valence-electron chi connectivity index (χ0n) is 16.9. The Morgan fingerprint density at radius 2 is 1.90 bits per heavy atom. The maximum Gasteiger partial charge on any atom is 0.230 e. The average molecular weight is 436 g/mol. The molecule has 0 bridgehead atoms. The van der Waals surface area contributed by atoms with Crippen LogP contribution in [0.15, 0.2) is 59.1 Å². The fourth-order valence-corrected chi connectivity index (χ4v) is 4.61. The number of aryl methyl sites for hydroxylation is 2. The molecule has 0 radical (unpaired) electrons. The molecule has 8 heteroatoms. The monoisotopic (exact) mass is 435 g/mol. The van der Waals surface area contributed by atoms with E-state index in [0.29, 0.717) is 16.0 Å². The third-order valence-corrected chi connectivity index (χ3v) is 6.41. The van der Waals surface area contributed by atoms with Crippen molar-refractivity contribution in [1.29, 1.82) is 0 Å². The molecule has 0 aliphatic carbocycles. The van der Waals surface area contributed by atoms with Gasteiger partial charge < -0.3 is 0 Å². The largest absolute Gasteiger partial charge is 0.274 e. The number of thiazole rings is 1. The van der Waals surface area contributed by atoms with Gasteiger partial charge in [0.1, 0.15) is 0 Å². The SMILES string of the molecule is CC(=O)N(c1ccc(C)c(C)c1)c1nc(CSc2n[nH]c(-c3ccccc3)n2)cs1. The van der Waals surface area contributed by atoms with Crippen molar-refractivity contribution in [2.45, 2.75) is 31.7 Å². The fourth-order valence-electron chi connectivity index (χ4n) is 2.93. The summed E-state index contributed by atoms with van der Waals surface area (Å²) in [5.41, 5.74) is 5.06. The first kappa shape index (κ1) is 20.3. The molecule has 0 saturated heterocycles. The zero-order chi connectivity index (χ0) is 21.1. The van der Waals surface area contributed by atoms with Gasteiger partial charge in [-0.25, -0.2) is 9.97 Å². The summed E-state index contributed by atoms with van der Waals surface area (Å²) in [6.45, 7) is 5.66. The number of H-pyrrole nitrogens is 1. The third kappa shape index (κ3) is 4.44. The van der Waals surface area contributed by atoms with Crippen LogP contribution in [0.5, 0.6) is 0 Å². The molecule has 152 valence electrons. The Labute approximate surface area is 183 Å². The lowest BCUT2D eigenvalue weighted by Crippen LogP contribution is -2.22. The van der Waals surface area contributed by atoms with E-state index in [0.717, 1.165) is 28.3 Å². The summed E-state index contributed by atoms with van der Waals surface area (Å²) in [7, 11) is 0. The van der Waals surface area contributed by atoms with Gasteiger partial charge >= 0.3 is 0 Å². The van der Waals surface area contributed by atoms with Crippen LogP contribution in [0.1, 0.15) is 23.7 Å². The highest BCUT2D eigenvalue weighted by molar-refractivity contribution is 7.98. The van der Waals surface area contributed by atoms with Crippen LogP contribution < -0.4 is 4.90 Å². The minimum Gasteiger partial charge on any atom is -0.274 e. The van der Waals surface area contributed by atoms with E-state index in [4.69, 9.17) is 0 Å². The van der Waals surface area contributed by atoms with Crippen molar-refractivity contribution < 1.29 is 4.79 Å². The van der Waals surface area contributed by atoms with Crippen molar-refractivity contribution in [3.63, 3.8) is 0 Å². The van der Waals surface area contributed by atoms with Crippen LogP contribution in [0.3, 0.4) is 0 Å². The number of rotatable bonds is 6. The molecule has 0 saturated carbocycles. The van der Waals surface area contributed by atoms with Crippen LogP contribution in [0.2, 0.25) is 0 Å². The first-order chi connectivity index (χ1) is 14.5. The molecule has 4 rings (SSSR count). The second-order valence-corrected chi connectivity index (χ2v) is 8.64. The van der Waals surface area contributed by atoms with Crippen LogP contribution in [-0.2, 0) is 10.5 Å². The molecule has 0 aliphatic heterocycles. The predicted octanol–water partition coefficient (Wildman–Crippen LogP) is 5.52. The highest BCUT2D eigenvalue weighted by atomic mass is 32.2. The summed E-state index contributed by atoms with van der Waals surface area (Å²) < 4.78 is 0. The van der Waals surface area contributed by atoms with Crippen LogP contribution >= 0.6 is 23.1 Å². The number of anilines is 2. The molecule has 0 unspecified atom stereocenters. The second-order valence-electron chi connectivity index (χ2n) is 6.87. The van der Waals surface area contributed by atoms with Crippen LogP contribution in [0, 0.1) is 13.8 Å². The molecule has 0 fully saturated rings. The zero-order valence-corrected chi connectivity index (χ0v) is 18.5. The van der Waals surface area contributed by atoms with Crippen molar-refractivity contribution in [3.05, 3.63) is 70.7 Å². The Morgan fingerprint density at radius 3 is 2.63 bits per heavy atom. The molecule has 0 aliphatic rings. The van der Waals surface area contributed by atoms with Gasteiger partial charge in [0.25, 0.3) is 0 Å². The van der Waals surface area contributed by atoms with E-state index in [1.54, 1.807) is 11.8 Å². The topological polar surface area (TPSA) is 74.8 Å². The summed E-state index contributed by atoms with van der Waals surface area (Å²) in [6, 6.07) is 15.9. The fraction of sp³-hybridized carbons (Fsp3) is 0.182. The summed E-state index contributed by atoms with van der Waals surface area (Å²) in [5.74, 6) is 1.31. The molecule has 1 N–H and O–H groups in total. The van der Waals surface area contributed by atoms with Crippen molar-refractivity contribution in [2.24, 2.45) is 0 Å². The summed E-state index contributed by atoms with van der Waals surface area (Å²) in [6.07, 6.45) is 0. The molecule has 6 nitrogen and oxygen atoms in total. The van der Waals surface area contributed by atoms with E-state index in [2.05, 4.69) is 27.1 Å². The van der Waals surface area contributed by atoms with E-state index in [-0.39, 0.29) is 5.91 Å². The first-order valence-corrected chi connectivity index (χ1v) is 11.3. The number of carbonyl (C=O) groups is 1. The molecule has 4 aromatic rings. The minimum atomic E-state index is -0.0618. The van der Waals surface area contributed by atoms with Crippen LogP contribution in [0.4, 0.5) is 10.8 Å². The number of nitrogens with one attached hydrogen (secondary N) is 1. The van der Waals surface area contributed by atoms with Crippen molar-refractivity contribution in [1.82, 2.24) is 20.2 Å². The molecule has 2 heterocycles. The number of aromatic nitrogens is 4. The quantitative estimate of drug-likeness (QED) is 0.404. The Morgan fingerprint density at radius 1 is 1.10 bits per heavy atom. The second kappa shape index (κ2) is 8.81. The van der Waals surface area contributed by atoms with Gasteiger partial charge in [0.15, 0.2) is 11.0 Å². The number of nitrogens with zero attached hydrogens (tertiary/aromatic N) is 4. The van der Waals surface area contributed by atoms with Gasteiger partial charge in [-0.2, -0.15) is 0 Å². The highest BCUT2D eigenvalue weighted by Gasteiger charge is 2.18. The Kier molecular flexibility index (Phi) is 5.96.